The van der Waals surface area contributed by atoms with Crippen LogP contribution in [-0.2, 0) is 0 Å². The Hall–Kier alpha value is -2.47. The first-order chi connectivity index (χ1) is 13.8. The highest BCUT2D eigenvalue weighted by atomic mass is 15.4. The van der Waals surface area contributed by atoms with Crippen molar-refractivity contribution in [2.45, 2.75) is 26.7 Å². The van der Waals surface area contributed by atoms with E-state index in [0.29, 0.717) is 0 Å². The molecule has 1 aromatic carbocycles. The van der Waals surface area contributed by atoms with Gasteiger partial charge in [-0.25, -0.2) is 0 Å². The Bertz CT molecular complexity index is 719. The highest BCUT2D eigenvalue weighted by Crippen LogP contribution is 2.16. The average molecular weight is 381 g/mol. The summed E-state index contributed by atoms with van der Waals surface area (Å²) in [5.74, 6) is 1.70. The minimum absolute atomic E-state index is 0.759. The molecule has 1 fully saturated rings. The fourth-order valence-corrected chi connectivity index (χ4v) is 3.49. The van der Waals surface area contributed by atoms with Crippen molar-refractivity contribution in [1.82, 2.24) is 20.1 Å². The summed E-state index contributed by atoms with van der Waals surface area (Å²) in [7, 11) is 0. The lowest BCUT2D eigenvalue weighted by atomic mass is 10.2. The monoisotopic (exact) mass is 380 g/mol. The van der Waals surface area contributed by atoms with E-state index in [4.69, 9.17) is 4.98 Å². The van der Waals surface area contributed by atoms with Gasteiger partial charge in [-0.15, -0.1) is 5.10 Å². The fourth-order valence-electron chi connectivity index (χ4n) is 3.49. The number of hydrogen-bond donors (Lipinski definition) is 0. The lowest BCUT2D eigenvalue weighted by Gasteiger charge is -2.35. The van der Waals surface area contributed by atoms with Crippen molar-refractivity contribution in [3.8, 4) is 0 Å². The van der Waals surface area contributed by atoms with Gasteiger partial charge < -0.3 is 9.80 Å². The Labute approximate surface area is 168 Å². The Morgan fingerprint density at radius 1 is 1.00 bits per heavy atom. The summed E-state index contributed by atoms with van der Waals surface area (Å²) in [4.78, 5) is 11.8. The minimum Gasteiger partial charge on any atom is -0.353 e. The summed E-state index contributed by atoms with van der Waals surface area (Å²) < 4.78 is 0. The number of nitrogens with zero attached hydrogens (tertiary/aromatic N) is 6. The average Bonchev–Trinajstić information content (AvgIpc) is 2.75. The molecule has 1 aliphatic rings. The van der Waals surface area contributed by atoms with Crippen LogP contribution in [-0.4, -0.2) is 65.9 Å². The van der Waals surface area contributed by atoms with Crippen molar-refractivity contribution in [2.24, 2.45) is 0 Å². The van der Waals surface area contributed by atoms with Crippen LogP contribution < -0.4 is 9.80 Å². The van der Waals surface area contributed by atoms with E-state index in [9.17, 15) is 0 Å². The van der Waals surface area contributed by atoms with Gasteiger partial charge in [0, 0.05) is 45.8 Å². The molecule has 28 heavy (non-hydrogen) atoms. The smallest absolute Gasteiger partial charge is 0.247 e. The molecule has 0 N–H and O–H groups in total. The van der Waals surface area contributed by atoms with E-state index in [1.54, 1.807) is 6.20 Å². The van der Waals surface area contributed by atoms with E-state index in [2.05, 4.69) is 75.2 Å². The number of aromatic nitrogens is 3. The van der Waals surface area contributed by atoms with Crippen LogP contribution in [0.4, 0.5) is 11.8 Å². The molecule has 3 rings (SSSR count). The molecule has 1 aromatic heterocycles. The summed E-state index contributed by atoms with van der Waals surface area (Å²) in [5, 5.41) is 8.50. The number of anilines is 2. The quantitative estimate of drug-likeness (QED) is 0.665. The number of hydrogen-bond acceptors (Lipinski definition) is 6. The van der Waals surface area contributed by atoms with E-state index in [1.807, 2.05) is 6.07 Å². The van der Waals surface area contributed by atoms with Crippen molar-refractivity contribution in [1.29, 1.82) is 0 Å². The number of rotatable bonds is 9. The first-order valence-electron chi connectivity index (χ1n) is 10.4. The van der Waals surface area contributed by atoms with Gasteiger partial charge in [-0.3, -0.25) is 4.90 Å². The van der Waals surface area contributed by atoms with Crippen molar-refractivity contribution >= 4 is 17.8 Å². The molecular formula is C22H32N6. The Kier molecular flexibility index (Phi) is 7.79. The third kappa shape index (κ3) is 5.76. The van der Waals surface area contributed by atoms with Crippen LogP contribution in [0.1, 0.15) is 32.3 Å². The molecule has 2 heterocycles. The molecule has 6 nitrogen and oxygen atoms in total. The van der Waals surface area contributed by atoms with Crippen LogP contribution in [0.3, 0.4) is 0 Å². The largest absolute Gasteiger partial charge is 0.353 e. The van der Waals surface area contributed by atoms with Gasteiger partial charge in [0.25, 0.3) is 0 Å². The molecule has 0 atom stereocenters. The first kappa shape index (κ1) is 20.3. The predicted molar refractivity (Wildman–Crippen MR) is 117 cm³/mol. The second-order valence-electron chi connectivity index (χ2n) is 7.20. The maximum Gasteiger partial charge on any atom is 0.247 e. The van der Waals surface area contributed by atoms with E-state index >= 15 is 0 Å². The molecule has 1 saturated heterocycles. The van der Waals surface area contributed by atoms with Crippen molar-refractivity contribution in [3.05, 3.63) is 48.2 Å². The van der Waals surface area contributed by atoms with E-state index in [0.717, 1.165) is 70.4 Å². The summed E-state index contributed by atoms with van der Waals surface area (Å²) >= 11 is 0. The normalized spacial score (nSPS) is 15.3. The third-order valence-electron chi connectivity index (χ3n) is 4.97. The molecule has 0 unspecified atom stereocenters. The topological polar surface area (TPSA) is 48.4 Å². The molecule has 150 valence electrons. The molecule has 0 bridgehead atoms. The minimum atomic E-state index is 0.759. The Morgan fingerprint density at radius 3 is 2.39 bits per heavy atom. The molecule has 0 aliphatic carbocycles. The van der Waals surface area contributed by atoms with Gasteiger partial charge in [-0.2, -0.15) is 10.1 Å². The highest BCUT2D eigenvalue weighted by molar-refractivity contribution is 5.48. The lowest BCUT2D eigenvalue weighted by Crippen LogP contribution is -2.46. The second kappa shape index (κ2) is 10.8. The Balaban J connectivity index is 1.53. The van der Waals surface area contributed by atoms with Crippen molar-refractivity contribution in [2.75, 3.05) is 55.6 Å². The summed E-state index contributed by atoms with van der Waals surface area (Å²) in [5.41, 5.74) is 1.25. The highest BCUT2D eigenvalue weighted by Gasteiger charge is 2.19. The molecule has 0 radical (unpaired) electrons. The zero-order chi connectivity index (χ0) is 19.6. The van der Waals surface area contributed by atoms with Gasteiger partial charge >= 0.3 is 0 Å². The first-order valence-corrected chi connectivity index (χ1v) is 10.4. The number of piperazine rings is 1. The molecule has 0 amide bonds. The zero-order valence-corrected chi connectivity index (χ0v) is 17.2. The fraction of sp³-hybridized carbons (Fsp3) is 0.500. The molecule has 1 aliphatic heterocycles. The van der Waals surface area contributed by atoms with Crippen LogP contribution in [0.5, 0.6) is 0 Å². The van der Waals surface area contributed by atoms with Gasteiger partial charge in [0.1, 0.15) is 0 Å². The van der Waals surface area contributed by atoms with Crippen LogP contribution in [0.2, 0.25) is 0 Å². The lowest BCUT2D eigenvalue weighted by molar-refractivity contribution is 0.283. The van der Waals surface area contributed by atoms with E-state index in [1.165, 1.54) is 5.56 Å². The standard InChI is InChI=1S/C22H32N6/c1-3-12-28(13-4-2)22-24-21(19-23-25-22)27-17-15-26(16-18-27)14-8-11-20-9-6-5-7-10-20/h5-11,19H,3-4,12-18H2,1-2H3/b11-8+. The molecule has 0 saturated carbocycles. The Morgan fingerprint density at radius 2 is 1.71 bits per heavy atom. The van der Waals surface area contributed by atoms with Gasteiger partial charge in [0.15, 0.2) is 5.82 Å². The molecule has 2 aromatic rings. The van der Waals surface area contributed by atoms with Crippen LogP contribution in [0, 0.1) is 0 Å². The number of benzene rings is 1. The second-order valence-corrected chi connectivity index (χ2v) is 7.20. The SMILES string of the molecule is CCCN(CCC)c1nncc(N2CCN(C/C=C/c3ccccc3)CC2)n1. The molecular weight excluding hydrogens is 348 g/mol. The van der Waals surface area contributed by atoms with Crippen molar-refractivity contribution < 1.29 is 0 Å². The van der Waals surface area contributed by atoms with E-state index < -0.39 is 0 Å². The molecule has 0 spiro atoms. The van der Waals surface area contributed by atoms with Gasteiger partial charge in [-0.05, 0) is 18.4 Å². The third-order valence-corrected chi connectivity index (χ3v) is 4.97. The summed E-state index contributed by atoms with van der Waals surface area (Å²) in [6, 6.07) is 10.5. The van der Waals surface area contributed by atoms with Crippen LogP contribution >= 0.6 is 0 Å². The summed E-state index contributed by atoms with van der Waals surface area (Å²) in [6.07, 6.45) is 8.42. The van der Waals surface area contributed by atoms with Crippen LogP contribution in [0.15, 0.2) is 42.6 Å². The van der Waals surface area contributed by atoms with Gasteiger partial charge in [0.05, 0.1) is 6.20 Å². The predicted octanol–water partition coefficient (Wildman–Crippen LogP) is 3.33. The van der Waals surface area contributed by atoms with Crippen molar-refractivity contribution in [3.63, 3.8) is 0 Å². The zero-order valence-electron chi connectivity index (χ0n) is 17.2. The maximum absolute atomic E-state index is 4.81. The van der Waals surface area contributed by atoms with Gasteiger partial charge in [-0.1, -0.05) is 56.3 Å². The maximum atomic E-state index is 4.81. The summed E-state index contributed by atoms with van der Waals surface area (Å²) in [6.45, 7) is 11.3. The van der Waals surface area contributed by atoms with Gasteiger partial charge in [0.2, 0.25) is 5.95 Å². The van der Waals surface area contributed by atoms with Crippen LogP contribution in [0.25, 0.3) is 6.08 Å². The van der Waals surface area contributed by atoms with E-state index in [-0.39, 0.29) is 0 Å². The molecule has 6 heteroatoms.